The van der Waals surface area contributed by atoms with Crippen LogP contribution in [-0.4, -0.2) is 11.5 Å². The Morgan fingerprint density at radius 2 is 2.05 bits per heavy atom. The van der Waals surface area contributed by atoms with Crippen LogP contribution in [0.25, 0.3) is 0 Å². The lowest BCUT2D eigenvalue weighted by atomic mass is 9.96. The van der Waals surface area contributed by atoms with Gasteiger partial charge in [-0.15, -0.1) is 0 Å². The van der Waals surface area contributed by atoms with E-state index < -0.39 is 0 Å². The number of halogens is 1. The zero-order valence-electron chi connectivity index (χ0n) is 11.6. The van der Waals surface area contributed by atoms with Crippen LogP contribution in [0.2, 0.25) is 0 Å². The van der Waals surface area contributed by atoms with Crippen molar-refractivity contribution in [3.05, 3.63) is 63.4 Å². The van der Waals surface area contributed by atoms with Crippen molar-refractivity contribution in [3.8, 4) is 0 Å². The van der Waals surface area contributed by atoms with E-state index in [0.29, 0.717) is 0 Å². The smallest absolute Gasteiger partial charge is 0.0765 e. The lowest BCUT2D eigenvalue weighted by Crippen LogP contribution is -2.24. The Morgan fingerprint density at radius 3 is 2.68 bits per heavy atom. The quantitative estimate of drug-likeness (QED) is 0.915. The highest BCUT2D eigenvalue weighted by molar-refractivity contribution is 9.10. The van der Waals surface area contributed by atoms with Crippen LogP contribution in [0.3, 0.4) is 0 Å². The molecule has 0 aliphatic rings. The maximum Gasteiger partial charge on any atom is 0.0765 e. The minimum Gasteiger partial charge on any atom is -0.305 e. The summed E-state index contributed by atoms with van der Waals surface area (Å²) in [5.74, 6) is 0. The highest BCUT2D eigenvalue weighted by Crippen LogP contribution is 2.28. The van der Waals surface area contributed by atoms with E-state index in [4.69, 9.17) is 0 Å². The highest BCUT2D eigenvalue weighted by atomic mass is 79.9. The normalized spacial score (nSPS) is 12.4. The van der Waals surface area contributed by atoms with Gasteiger partial charge in [0, 0.05) is 10.7 Å². The van der Waals surface area contributed by atoms with E-state index in [-0.39, 0.29) is 6.04 Å². The number of aryl methyl sites for hydroxylation is 2. The predicted octanol–water partition coefficient (Wildman–Crippen LogP) is 4.16. The number of hydrogen-bond acceptors (Lipinski definition) is 2. The molecule has 100 valence electrons. The van der Waals surface area contributed by atoms with Crippen molar-refractivity contribution in [2.75, 3.05) is 6.54 Å². The van der Waals surface area contributed by atoms with Crippen molar-refractivity contribution in [2.24, 2.45) is 0 Å². The molecular weight excluding hydrogens is 300 g/mol. The summed E-state index contributed by atoms with van der Waals surface area (Å²) in [5, 5.41) is 3.52. The third kappa shape index (κ3) is 3.23. The summed E-state index contributed by atoms with van der Waals surface area (Å²) in [6, 6.07) is 10.7. The summed E-state index contributed by atoms with van der Waals surface area (Å²) >= 11 is 3.60. The lowest BCUT2D eigenvalue weighted by molar-refractivity contribution is 0.610. The number of hydrogen-bond donors (Lipinski definition) is 1. The zero-order chi connectivity index (χ0) is 13.8. The minimum atomic E-state index is 0.126. The van der Waals surface area contributed by atoms with E-state index in [1.54, 1.807) is 0 Å². The van der Waals surface area contributed by atoms with Gasteiger partial charge in [0.2, 0.25) is 0 Å². The fraction of sp³-hybridized carbons (Fsp3) is 0.312. The van der Waals surface area contributed by atoms with E-state index >= 15 is 0 Å². The summed E-state index contributed by atoms with van der Waals surface area (Å²) in [4.78, 5) is 4.53. The monoisotopic (exact) mass is 318 g/mol. The third-order valence-electron chi connectivity index (χ3n) is 3.20. The maximum atomic E-state index is 4.53. The van der Waals surface area contributed by atoms with Gasteiger partial charge in [-0.1, -0.05) is 30.7 Å². The molecule has 1 N–H and O–H groups in total. The van der Waals surface area contributed by atoms with Crippen molar-refractivity contribution in [3.63, 3.8) is 0 Å². The first-order chi connectivity index (χ1) is 9.13. The number of benzene rings is 1. The molecule has 0 aliphatic carbocycles. The van der Waals surface area contributed by atoms with E-state index in [9.17, 15) is 0 Å². The van der Waals surface area contributed by atoms with E-state index in [2.05, 4.69) is 65.2 Å². The molecule has 1 aromatic heterocycles. The van der Waals surface area contributed by atoms with Gasteiger partial charge in [-0.2, -0.15) is 0 Å². The Morgan fingerprint density at radius 1 is 1.26 bits per heavy atom. The van der Waals surface area contributed by atoms with Crippen LogP contribution >= 0.6 is 15.9 Å². The number of nitrogens with one attached hydrogen (secondary N) is 1. The molecule has 0 amide bonds. The topological polar surface area (TPSA) is 24.9 Å². The summed E-state index contributed by atoms with van der Waals surface area (Å²) < 4.78 is 1.04. The SMILES string of the molecule is CCNC(c1ccc(C)cc1C)c1ncccc1Br. The average molecular weight is 319 g/mol. The molecule has 2 nitrogen and oxygen atoms in total. The molecule has 0 radical (unpaired) electrons. The van der Waals surface area contributed by atoms with Crippen LogP contribution in [0.4, 0.5) is 0 Å². The maximum absolute atomic E-state index is 4.53. The number of aromatic nitrogens is 1. The second kappa shape index (κ2) is 6.31. The summed E-state index contributed by atoms with van der Waals surface area (Å²) in [7, 11) is 0. The molecule has 1 aromatic carbocycles. The summed E-state index contributed by atoms with van der Waals surface area (Å²) in [6.45, 7) is 7.30. The van der Waals surface area contributed by atoms with Crippen molar-refractivity contribution >= 4 is 15.9 Å². The van der Waals surface area contributed by atoms with Crippen LogP contribution in [0.1, 0.15) is 35.3 Å². The predicted molar refractivity (Wildman–Crippen MR) is 83.4 cm³/mol. The molecule has 2 rings (SSSR count). The van der Waals surface area contributed by atoms with E-state index in [1.165, 1.54) is 16.7 Å². The molecule has 19 heavy (non-hydrogen) atoms. The first-order valence-electron chi connectivity index (χ1n) is 6.54. The second-order valence-electron chi connectivity index (χ2n) is 4.72. The molecular formula is C16H19BrN2. The Bertz CT molecular complexity index is 566. The van der Waals surface area contributed by atoms with Crippen molar-refractivity contribution in [1.29, 1.82) is 0 Å². The van der Waals surface area contributed by atoms with Gasteiger partial charge in [0.1, 0.15) is 0 Å². The van der Waals surface area contributed by atoms with Crippen LogP contribution in [0.5, 0.6) is 0 Å². The minimum absolute atomic E-state index is 0.126. The molecule has 0 bridgehead atoms. The molecule has 0 aliphatic heterocycles. The molecule has 0 fully saturated rings. The third-order valence-corrected chi connectivity index (χ3v) is 3.88. The first kappa shape index (κ1) is 14.2. The molecule has 0 saturated heterocycles. The first-order valence-corrected chi connectivity index (χ1v) is 7.33. The van der Waals surface area contributed by atoms with Crippen molar-refractivity contribution in [2.45, 2.75) is 26.8 Å². The molecule has 1 unspecified atom stereocenters. The van der Waals surface area contributed by atoms with Gasteiger partial charge in [0.05, 0.1) is 11.7 Å². The molecule has 0 saturated carbocycles. The van der Waals surface area contributed by atoms with E-state index in [0.717, 1.165) is 16.7 Å². The van der Waals surface area contributed by atoms with Crippen LogP contribution in [0.15, 0.2) is 41.0 Å². The average Bonchev–Trinajstić information content (AvgIpc) is 2.38. The second-order valence-corrected chi connectivity index (χ2v) is 5.58. The fourth-order valence-corrected chi connectivity index (χ4v) is 2.80. The summed E-state index contributed by atoms with van der Waals surface area (Å²) in [6.07, 6.45) is 1.84. The van der Waals surface area contributed by atoms with Gasteiger partial charge in [0.25, 0.3) is 0 Å². The highest BCUT2D eigenvalue weighted by Gasteiger charge is 2.18. The van der Waals surface area contributed by atoms with Gasteiger partial charge >= 0.3 is 0 Å². The van der Waals surface area contributed by atoms with Crippen molar-refractivity contribution < 1.29 is 0 Å². The number of nitrogens with zero attached hydrogens (tertiary/aromatic N) is 1. The van der Waals surface area contributed by atoms with Gasteiger partial charge in [-0.3, -0.25) is 4.98 Å². The van der Waals surface area contributed by atoms with Gasteiger partial charge in [-0.05, 0) is 59.6 Å². The van der Waals surface area contributed by atoms with Crippen LogP contribution < -0.4 is 5.32 Å². The van der Waals surface area contributed by atoms with Crippen molar-refractivity contribution in [1.82, 2.24) is 10.3 Å². The van der Waals surface area contributed by atoms with E-state index in [1.807, 2.05) is 18.3 Å². The molecule has 3 heteroatoms. The zero-order valence-corrected chi connectivity index (χ0v) is 13.2. The Hall–Kier alpha value is -1.19. The van der Waals surface area contributed by atoms with Crippen LogP contribution in [0, 0.1) is 13.8 Å². The van der Waals surface area contributed by atoms with Crippen LogP contribution in [-0.2, 0) is 0 Å². The Kier molecular flexibility index (Phi) is 4.72. The van der Waals surface area contributed by atoms with Gasteiger partial charge < -0.3 is 5.32 Å². The van der Waals surface area contributed by atoms with Gasteiger partial charge in [-0.25, -0.2) is 0 Å². The number of rotatable bonds is 4. The molecule has 1 atom stereocenters. The summed E-state index contributed by atoms with van der Waals surface area (Å²) in [5.41, 5.74) is 4.91. The largest absolute Gasteiger partial charge is 0.305 e. The standard InChI is InChI=1S/C16H19BrN2/c1-4-18-15(16-14(17)6-5-9-19-16)13-8-7-11(2)10-12(13)3/h5-10,15,18H,4H2,1-3H3. The van der Waals surface area contributed by atoms with Gasteiger partial charge in [0.15, 0.2) is 0 Å². The fourth-order valence-electron chi connectivity index (χ4n) is 2.32. The Labute approximate surface area is 123 Å². The number of pyridine rings is 1. The molecule has 2 aromatic rings. The molecule has 0 spiro atoms. The lowest BCUT2D eigenvalue weighted by Gasteiger charge is -2.21. The molecule has 1 heterocycles. The Balaban J connectivity index is 2.48.